The third kappa shape index (κ3) is 6.18. The van der Waals surface area contributed by atoms with Crippen LogP contribution >= 0.6 is 0 Å². The van der Waals surface area contributed by atoms with Gasteiger partial charge in [-0.1, -0.05) is 45.2 Å². The van der Waals surface area contributed by atoms with Gasteiger partial charge >= 0.3 is 12.0 Å². The number of carbonyl (C=O) groups is 3. The lowest BCUT2D eigenvalue weighted by atomic mass is 9.70. The van der Waals surface area contributed by atoms with Crippen LogP contribution in [0.25, 0.3) is 0 Å². The molecule has 2 aromatic rings. The molecule has 35 heavy (non-hydrogen) atoms. The monoisotopic (exact) mass is 483 g/mol. The maximum atomic E-state index is 14.0. The highest BCUT2D eigenvalue weighted by atomic mass is 19.1. The van der Waals surface area contributed by atoms with Crippen LogP contribution in [0.3, 0.4) is 0 Å². The van der Waals surface area contributed by atoms with Crippen LogP contribution < -0.4 is 16.0 Å². The summed E-state index contributed by atoms with van der Waals surface area (Å²) < 4.78 is 14.0. The van der Waals surface area contributed by atoms with E-state index < -0.39 is 35.2 Å². The number of carboxylic acid groups (broad SMARTS) is 1. The lowest BCUT2D eigenvalue weighted by Gasteiger charge is -2.38. The van der Waals surface area contributed by atoms with E-state index in [1.165, 1.54) is 6.07 Å². The molecule has 2 aromatic carbocycles. The molecule has 1 aliphatic rings. The number of anilines is 2. The number of urea groups is 1. The van der Waals surface area contributed by atoms with Gasteiger partial charge in [0.15, 0.2) is 0 Å². The molecule has 1 saturated carbocycles. The predicted molar refractivity (Wildman–Crippen MR) is 134 cm³/mol. The van der Waals surface area contributed by atoms with Crippen molar-refractivity contribution < 1.29 is 23.9 Å². The van der Waals surface area contributed by atoms with E-state index >= 15 is 0 Å². The molecule has 1 fully saturated rings. The smallest absolute Gasteiger partial charge is 0.326 e. The van der Waals surface area contributed by atoms with E-state index in [0.29, 0.717) is 18.5 Å². The second-order valence-electron chi connectivity index (χ2n) is 9.69. The highest BCUT2D eigenvalue weighted by Gasteiger charge is 2.41. The third-order valence-electron chi connectivity index (χ3n) is 6.93. The van der Waals surface area contributed by atoms with Crippen molar-refractivity contribution in [3.8, 4) is 0 Å². The predicted octanol–water partition coefficient (Wildman–Crippen LogP) is 5.80. The highest BCUT2D eigenvalue weighted by Crippen LogP contribution is 2.39. The van der Waals surface area contributed by atoms with E-state index in [1.807, 2.05) is 39.8 Å². The first-order valence-corrected chi connectivity index (χ1v) is 12.1. The second-order valence-corrected chi connectivity index (χ2v) is 9.69. The molecule has 0 radical (unpaired) electrons. The molecule has 0 unspecified atom stereocenters. The van der Waals surface area contributed by atoms with Crippen molar-refractivity contribution in [2.75, 3.05) is 10.6 Å². The molecule has 0 heterocycles. The number of rotatable bonds is 7. The minimum absolute atomic E-state index is 0.0121. The summed E-state index contributed by atoms with van der Waals surface area (Å²) in [5.41, 5.74) is 2.93. The molecule has 7 nitrogen and oxygen atoms in total. The highest BCUT2D eigenvalue weighted by molar-refractivity contribution is 6.07. The molecule has 1 atom stereocenters. The van der Waals surface area contributed by atoms with Gasteiger partial charge in [-0.2, -0.15) is 0 Å². The van der Waals surface area contributed by atoms with Crippen molar-refractivity contribution in [3.05, 3.63) is 58.4 Å². The molecule has 4 N–H and O–H groups in total. The van der Waals surface area contributed by atoms with Crippen molar-refractivity contribution in [2.24, 2.45) is 5.41 Å². The van der Waals surface area contributed by atoms with E-state index in [2.05, 4.69) is 16.0 Å². The largest absolute Gasteiger partial charge is 0.480 e. The average molecular weight is 484 g/mol. The fourth-order valence-corrected chi connectivity index (χ4v) is 4.93. The Morgan fingerprint density at radius 3 is 2.23 bits per heavy atom. The molecule has 0 aromatic heterocycles. The average Bonchev–Trinajstić information content (AvgIpc) is 2.79. The molecule has 1 aliphatic carbocycles. The first kappa shape index (κ1) is 26.2. The first-order valence-electron chi connectivity index (χ1n) is 12.1. The molecule has 0 aliphatic heterocycles. The Kier molecular flexibility index (Phi) is 8.14. The molecule has 0 saturated heterocycles. The standard InChI is InChI=1S/C27H34FN3O4/c1-5-18-13-16(2)22(17(3)14-18)30-26(35)29-21-15-19(28)9-10-20(21)24(32)31-23(25(33)34)27(4)11-7-6-8-12-27/h9-10,13-15,23H,5-8,11-12H2,1-4H3,(H,31,32)(H,33,34)(H2,29,30,35)/t23-/m1/s1. The number of aliphatic carboxylic acids is 1. The van der Waals surface area contributed by atoms with Crippen LogP contribution in [0.4, 0.5) is 20.6 Å². The third-order valence-corrected chi connectivity index (χ3v) is 6.93. The maximum Gasteiger partial charge on any atom is 0.326 e. The number of hydrogen-bond donors (Lipinski definition) is 4. The Hall–Kier alpha value is -3.42. The minimum atomic E-state index is -1.11. The summed E-state index contributed by atoms with van der Waals surface area (Å²) in [4.78, 5) is 38.0. The van der Waals surface area contributed by atoms with Gasteiger partial charge in [0.1, 0.15) is 11.9 Å². The SMILES string of the molecule is CCc1cc(C)c(NC(=O)Nc2cc(F)ccc2C(=O)N[C@H](C(=O)O)C2(C)CCCCC2)c(C)c1. The van der Waals surface area contributed by atoms with Gasteiger partial charge in [0.05, 0.1) is 11.3 Å². The van der Waals surface area contributed by atoms with Crippen molar-refractivity contribution >= 4 is 29.3 Å². The summed E-state index contributed by atoms with van der Waals surface area (Å²) in [5.74, 6) is -2.43. The van der Waals surface area contributed by atoms with Crippen molar-refractivity contribution in [1.29, 1.82) is 0 Å². The van der Waals surface area contributed by atoms with E-state index in [9.17, 15) is 23.9 Å². The fourth-order valence-electron chi connectivity index (χ4n) is 4.93. The van der Waals surface area contributed by atoms with E-state index in [4.69, 9.17) is 0 Å². The zero-order chi connectivity index (χ0) is 25.8. The number of nitrogens with one attached hydrogen (secondary N) is 3. The number of benzene rings is 2. The first-order chi connectivity index (χ1) is 16.5. The van der Waals surface area contributed by atoms with E-state index in [0.717, 1.165) is 54.5 Å². The molecule has 188 valence electrons. The summed E-state index contributed by atoms with van der Waals surface area (Å²) in [7, 11) is 0. The maximum absolute atomic E-state index is 14.0. The van der Waals surface area contributed by atoms with E-state index in [1.54, 1.807) is 0 Å². The summed E-state index contributed by atoms with van der Waals surface area (Å²) >= 11 is 0. The van der Waals surface area contributed by atoms with Crippen LogP contribution in [0.5, 0.6) is 0 Å². The van der Waals surface area contributed by atoms with Gasteiger partial charge in [-0.3, -0.25) is 4.79 Å². The van der Waals surface area contributed by atoms with E-state index in [-0.39, 0.29) is 11.3 Å². The van der Waals surface area contributed by atoms with Gasteiger partial charge in [-0.25, -0.2) is 14.0 Å². The van der Waals surface area contributed by atoms with Gasteiger partial charge in [-0.05, 0) is 73.4 Å². The topological polar surface area (TPSA) is 108 Å². The Labute approximate surface area is 205 Å². The van der Waals surface area contributed by atoms with Crippen molar-refractivity contribution in [3.63, 3.8) is 0 Å². The summed E-state index contributed by atoms with van der Waals surface area (Å²) in [6.45, 7) is 7.70. The lowest BCUT2D eigenvalue weighted by Crippen LogP contribution is -2.52. The quantitative estimate of drug-likeness (QED) is 0.399. The number of halogens is 1. The molecule has 0 spiro atoms. The molecule has 8 heteroatoms. The lowest BCUT2D eigenvalue weighted by molar-refractivity contribution is -0.143. The molecule has 0 bridgehead atoms. The Balaban J connectivity index is 1.81. The number of carbonyl (C=O) groups excluding carboxylic acids is 2. The molecular weight excluding hydrogens is 449 g/mol. The van der Waals surface area contributed by atoms with Gasteiger partial charge in [-0.15, -0.1) is 0 Å². The van der Waals surface area contributed by atoms with Gasteiger partial charge in [0.2, 0.25) is 0 Å². The van der Waals surface area contributed by atoms with Crippen molar-refractivity contribution in [2.45, 2.75) is 72.3 Å². The number of aryl methyl sites for hydroxylation is 3. The zero-order valence-corrected chi connectivity index (χ0v) is 20.8. The van der Waals surface area contributed by atoms with Crippen LogP contribution in [0, 0.1) is 25.1 Å². The Morgan fingerprint density at radius 1 is 1.03 bits per heavy atom. The zero-order valence-electron chi connectivity index (χ0n) is 20.8. The Bertz CT molecular complexity index is 1100. The van der Waals surface area contributed by atoms with Gasteiger partial charge in [0, 0.05) is 5.69 Å². The second kappa shape index (κ2) is 10.9. The number of amides is 3. The summed E-state index contributed by atoms with van der Waals surface area (Å²) in [6, 6.07) is 5.65. The normalized spacial score (nSPS) is 15.7. The van der Waals surface area contributed by atoms with Crippen LogP contribution in [0.1, 0.15) is 73.0 Å². The van der Waals surface area contributed by atoms with Crippen LogP contribution in [0.15, 0.2) is 30.3 Å². The van der Waals surface area contributed by atoms with Crippen LogP contribution in [-0.4, -0.2) is 29.1 Å². The number of carboxylic acids is 1. The van der Waals surface area contributed by atoms with Gasteiger partial charge in [0.25, 0.3) is 5.91 Å². The minimum Gasteiger partial charge on any atom is -0.480 e. The summed E-state index contributed by atoms with van der Waals surface area (Å²) in [6.07, 6.45) is 5.09. The van der Waals surface area contributed by atoms with Crippen LogP contribution in [-0.2, 0) is 11.2 Å². The summed E-state index contributed by atoms with van der Waals surface area (Å²) in [5, 5.41) is 17.8. The molecule has 3 rings (SSSR count). The van der Waals surface area contributed by atoms with Crippen molar-refractivity contribution in [1.82, 2.24) is 5.32 Å². The molecule has 3 amide bonds. The molecular formula is C27H34FN3O4. The fraction of sp³-hybridized carbons (Fsp3) is 0.444. The number of hydrogen-bond acceptors (Lipinski definition) is 3. The van der Waals surface area contributed by atoms with Crippen LogP contribution in [0.2, 0.25) is 0 Å². The Morgan fingerprint density at radius 2 is 1.66 bits per heavy atom. The van der Waals surface area contributed by atoms with Gasteiger partial charge < -0.3 is 21.1 Å².